The number of rotatable bonds is 1. The molecule has 7 heavy (non-hydrogen) atoms. The Morgan fingerprint density at radius 3 is 1.71 bits per heavy atom. The van der Waals surface area contributed by atoms with E-state index in [2.05, 4.69) is 0 Å². The van der Waals surface area contributed by atoms with Crippen LogP contribution in [0.25, 0.3) is 0 Å². The van der Waals surface area contributed by atoms with Crippen LogP contribution in [0.5, 0.6) is 0 Å². The topological polar surface area (TPSA) is 23.1 Å². The molecule has 0 fully saturated rings. The van der Waals surface area contributed by atoms with Gasteiger partial charge in [-0.05, 0) is 0 Å². The molecule has 0 aromatic heterocycles. The zero-order valence-electron chi connectivity index (χ0n) is 4.78. The molecule has 0 aliphatic rings. The molecule has 0 aromatic rings. The van der Waals surface area contributed by atoms with E-state index in [1.54, 1.807) is 6.92 Å². The third-order valence-corrected chi connectivity index (χ3v) is 0.575. The molecule has 0 bridgehead atoms. The van der Waals surface area contributed by atoms with Crippen LogP contribution < -0.4 is 22.1 Å². The zero-order chi connectivity index (χ0) is 4.28. The molecule has 1 unspecified atom stereocenters. The van der Waals surface area contributed by atoms with E-state index in [1.165, 1.54) is 0 Å². The summed E-state index contributed by atoms with van der Waals surface area (Å²) in [5, 5.41) is 9.90. The fourth-order valence-corrected chi connectivity index (χ4v) is 0. The van der Waals surface area contributed by atoms with Gasteiger partial charge in [0.1, 0.15) is 0 Å². The molecule has 0 N–H and O–H groups in total. The molecule has 0 saturated heterocycles. The van der Waals surface area contributed by atoms with Gasteiger partial charge in [0.15, 0.2) is 0 Å². The van der Waals surface area contributed by atoms with Crippen molar-refractivity contribution in [3.8, 4) is 0 Å². The molecule has 40 valence electrons. The van der Waals surface area contributed by atoms with Gasteiger partial charge in [-0.15, -0.1) is 6.10 Å². The summed E-state index contributed by atoms with van der Waals surface area (Å²) in [7, 11) is 0. The number of hydrogen-bond acceptors (Lipinski definition) is 1. The Hall–Kier alpha value is 1.21. The van der Waals surface area contributed by atoms with E-state index in [-0.39, 0.29) is 46.1 Å². The van der Waals surface area contributed by atoms with Crippen molar-refractivity contribution in [1.29, 1.82) is 0 Å². The summed E-state index contributed by atoms with van der Waals surface area (Å²) in [6.45, 7) is 3.55. The Balaban J connectivity index is -0.0000000800. The van der Waals surface area contributed by atoms with Crippen molar-refractivity contribution in [2.75, 3.05) is 0 Å². The molecule has 1 nitrogen and oxygen atoms in total. The van der Waals surface area contributed by atoms with Crippen LogP contribution in [0.15, 0.2) is 0 Å². The van der Waals surface area contributed by atoms with Crippen molar-refractivity contribution in [1.82, 2.24) is 0 Å². The molecule has 0 aliphatic carbocycles. The molecule has 0 aliphatic heterocycles. The zero-order valence-corrected chi connectivity index (χ0v) is 7.78. The van der Waals surface area contributed by atoms with E-state index in [1.807, 2.05) is 6.92 Å². The third kappa shape index (κ3) is 19.0. The standard InChI is InChI=1S/C4H9O.BrH.Mg/c1-3-4(2)5;;/h4H,3H2,1-2H3;1H;/q-1;;+2/p-1. The Labute approximate surface area is 71.4 Å². The average molecular weight is 177 g/mol. The van der Waals surface area contributed by atoms with Gasteiger partial charge in [0.25, 0.3) is 0 Å². The van der Waals surface area contributed by atoms with Gasteiger partial charge >= 0.3 is 23.1 Å². The minimum absolute atomic E-state index is 0. The third-order valence-electron chi connectivity index (χ3n) is 0.575. The summed E-state index contributed by atoms with van der Waals surface area (Å²) in [6, 6.07) is 0. The van der Waals surface area contributed by atoms with Gasteiger partial charge in [-0.1, -0.05) is 20.3 Å². The smallest absolute Gasteiger partial charge is 1.00 e. The summed E-state index contributed by atoms with van der Waals surface area (Å²) >= 11 is 0. The maximum Gasteiger partial charge on any atom is 2.00 e. The largest absolute Gasteiger partial charge is 2.00 e. The molecule has 0 radical (unpaired) electrons. The second kappa shape index (κ2) is 10.2. The quantitative estimate of drug-likeness (QED) is 0.386. The fraction of sp³-hybridized carbons (Fsp3) is 1.00. The van der Waals surface area contributed by atoms with E-state index in [0.29, 0.717) is 0 Å². The van der Waals surface area contributed by atoms with Crippen molar-refractivity contribution >= 4 is 23.1 Å². The van der Waals surface area contributed by atoms with Crippen molar-refractivity contribution in [3.05, 3.63) is 0 Å². The van der Waals surface area contributed by atoms with Crippen LogP contribution in [0.2, 0.25) is 0 Å². The minimum Gasteiger partial charge on any atom is -1.00 e. The van der Waals surface area contributed by atoms with Gasteiger partial charge in [0.2, 0.25) is 0 Å². The van der Waals surface area contributed by atoms with Crippen LogP contribution in [0.4, 0.5) is 0 Å². The second-order valence-electron chi connectivity index (χ2n) is 1.22. The van der Waals surface area contributed by atoms with Crippen LogP contribution in [-0.2, 0) is 0 Å². The molecule has 1 atom stereocenters. The molecular formula is C4H9BrMgO. The summed E-state index contributed by atoms with van der Waals surface area (Å²) in [4.78, 5) is 0. The first kappa shape index (κ1) is 15.7. The average Bonchev–Trinajstić information content (AvgIpc) is 1.38. The van der Waals surface area contributed by atoms with Gasteiger partial charge in [0, 0.05) is 0 Å². The van der Waals surface area contributed by atoms with Crippen molar-refractivity contribution in [2.24, 2.45) is 0 Å². The molecule has 0 spiro atoms. The van der Waals surface area contributed by atoms with Crippen molar-refractivity contribution in [3.63, 3.8) is 0 Å². The Morgan fingerprint density at radius 2 is 1.71 bits per heavy atom. The van der Waals surface area contributed by atoms with Crippen molar-refractivity contribution in [2.45, 2.75) is 26.4 Å². The molecule has 0 aromatic carbocycles. The minimum atomic E-state index is -0.366. The van der Waals surface area contributed by atoms with Crippen LogP contribution >= 0.6 is 0 Å². The summed E-state index contributed by atoms with van der Waals surface area (Å²) in [5.41, 5.74) is 0. The van der Waals surface area contributed by atoms with Crippen molar-refractivity contribution < 1.29 is 22.1 Å². The van der Waals surface area contributed by atoms with E-state index < -0.39 is 0 Å². The SMILES string of the molecule is CCC(C)[O-].[Br-].[Mg+2]. The Bertz CT molecular complexity index is 25.7. The fourth-order valence-electron chi connectivity index (χ4n) is 0. The molecule has 0 heterocycles. The van der Waals surface area contributed by atoms with Gasteiger partial charge in [0.05, 0.1) is 0 Å². The van der Waals surface area contributed by atoms with Crippen LogP contribution in [-0.4, -0.2) is 29.2 Å². The van der Waals surface area contributed by atoms with Gasteiger partial charge < -0.3 is 22.1 Å². The maximum absolute atomic E-state index is 9.90. The molecule has 0 rings (SSSR count). The molecular weight excluding hydrogens is 168 g/mol. The molecule has 0 amide bonds. The number of hydrogen-bond donors (Lipinski definition) is 0. The normalized spacial score (nSPS) is 10.7. The van der Waals surface area contributed by atoms with Gasteiger partial charge in [-0.25, -0.2) is 0 Å². The summed E-state index contributed by atoms with van der Waals surface area (Å²) in [6.07, 6.45) is 0.384. The van der Waals surface area contributed by atoms with E-state index >= 15 is 0 Å². The second-order valence-corrected chi connectivity index (χ2v) is 1.22. The summed E-state index contributed by atoms with van der Waals surface area (Å²) < 4.78 is 0. The Morgan fingerprint density at radius 1 is 1.57 bits per heavy atom. The van der Waals surface area contributed by atoms with E-state index in [0.717, 1.165) is 6.42 Å². The predicted octanol–water partition coefficient (Wildman–Crippen LogP) is -3.23. The van der Waals surface area contributed by atoms with E-state index in [9.17, 15) is 5.11 Å². The van der Waals surface area contributed by atoms with Crippen LogP contribution in [0.1, 0.15) is 20.3 Å². The summed E-state index contributed by atoms with van der Waals surface area (Å²) in [5.74, 6) is 0. The monoisotopic (exact) mass is 176 g/mol. The number of halogens is 1. The van der Waals surface area contributed by atoms with Gasteiger partial charge in [-0.2, -0.15) is 0 Å². The first-order chi connectivity index (χ1) is 2.27. The molecule has 0 saturated carbocycles. The maximum atomic E-state index is 9.90. The van der Waals surface area contributed by atoms with Crippen LogP contribution in [0, 0.1) is 0 Å². The predicted molar refractivity (Wildman–Crippen MR) is 25.5 cm³/mol. The van der Waals surface area contributed by atoms with E-state index in [4.69, 9.17) is 0 Å². The first-order valence-corrected chi connectivity index (χ1v) is 1.93. The van der Waals surface area contributed by atoms with Gasteiger partial charge in [-0.3, -0.25) is 0 Å². The molecule has 3 heteroatoms. The van der Waals surface area contributed by atoms with Crippen LogP contribution in [0.3, 0.4) is 0 Å². The Kier molecular flexibility index (Phi) is 23.0. The first-order valence-electron chi connectivity index (χ1n) is 1.93.